The van der Waals surface area contributed by atoms with Crippen LogP contribution in [-0.2, 0) is 4.74 Å². The lowest BCUT2D eigenvalue weighted by molar-refractivity contribution is -0.0317. The summed E-state index contributed by atoms with van der Waals surface area (Å²) in [5, 5.41) is 12.8. The van der Waals surface area contributed by atoms with E-state index in [1.807, 2.05) is 0 Å². The summed E-state index contributed by atoms with van der Waals surface area (Å²) in [5.41, 5.74) is 0. The van der Waals surface area contributed by atoms with Crippen LogP contribution in [0.4, 0.5) is 0 Å². The van der Waals surface area contributed by atoms with Crippen molar-refractivity contribution in [3.05, 3.63) is 0 Å². The molecule has 2 saturated heterocycles. The average molecular weight is 214 g/mol. The fourth-order valence-electron chi connectivity index (χ4n) is 2.46. The first kappa shape index (κ1) is 11.3. The molecule has 0 amide bonds. The number of nitrogens with one attached hydrogen (secondary N) is 1. The van der Waals surface area contributed by atoms with E-state index in [-0.39, 0.29) is 12.6 Å². The van der Waals surface area contributed by atoms with E-state index < -0.39 is 0 Å². The molecule has 0 spiro atoms. The molecular weight excluding hydrogens is 192 g/mol. The number of aliphatic hydroxyl groups excluding tert-OH is 1. The summed E-state index contributed by atoms with van der Waals surface area (Å²) in [6, 6.07) is 0.827. The number of ether oxygens (including phenoxy) is 1. The van der Waals surface area contributed by atoms with Gasteiger partial charge < -0.3 is 15.2 Å². The number of rotatable bonds is 3. The minimum atomic E-state index is 0.211. The van der Waals surface area contributed by atoms with Crippen molar-refractivity contribution < 1.29 is 9.84 Å². The second-order valence-electron chi connectivity index (χ2n) is 4.55. The number of hydrogen-bond donors (Lipinski definition) is 2. The van der Waals surface area contributed by atoms with Crippen LogP contribution in [0.5, 0.6) is 0 Å². The number of piperidine rings is 1. The Morgan fingerprint density at radius 3 is 3.07 bits per heavy atom. The van der Waals surface area contributed by atoms with E-state index in [2.05, 4.69) is 10.2 Å². The molecule has 0 aromatic carbocycles. The van der Waals surface area contributed by atoms with Gasteiger partial charge in [0.15, 0.2) is 0 Å². The maximum absolute atomic E-state index is 9.25. The van der Waals surface area contributed by atoms with E-state index in [4.69, 9.17) is 4.74 Å². The summed E-state index contributed by atoms with van der Waals surface area (Å²) in [6.07, 6.45) is 3.92. The van der Waals surface area contributed by atoms with Gasteiger partial charge in [-0.25, -0.2) is 0 Å². The van der Waals surface area contributed by atoms with Crippen molar-refractivity contribution in [2.24, 2.45) is 0 Å². The molecule has 2 N–H and O–H groups in total. The van der Waals surface area contributed by atoms with Crippen LogP contribution in [0.3, 0.4) is 0 Å². The third kappa shape index (κ3) is 3.14. The van der Waals surface area contributed by atoms with E-state index in [9.17, 15) is 5.11 Å². The van der Waals surface area contributed by atoms with Gasteiger partial charge in [-0.3, -0.25) is 4.90 Å². The molecule has 0 radical (unpaired) electrons. The van der Waals surface area contributed by atoms with Gasteiger partial charge >= 0.3 is 0 Å². The molecule has 2 rings (SSSR count). The average Bonchev–Trinajstić information content (AvgIpc) is 2.31. The molecular formula is C11H22N2O2. The summed E-state index contributed by atoms with van der Waals surface area (Å²) < 4.78 is 5.37. The minimum Gasteiger partial charge on any atom is -0.395 e. The van der Waals surface area contributed by atoms with Crippen molar-refractivity contribution in [3.8, 4) is 0 Å². The van der Waals surface area contributed by atoms with E-state index in [1.54, 1.807) is 0 Å². The summed E-state index contributed by atoms with van der Waals surface area (Å²) in [6.45, 7) is 4.88. The van der Waals surface area contributed by atoms with E-state index >= 15 is 0 Å². The topological polar surface area (TPSA) is 44.7 Å². The fourth-order valence-corrected chi connectivity index (χ4v) is 2.46. The summed E-state index contributed by atoms with van der Waals surface area (Å²) >= 11 is 0. The first-order valence-electron chi connectivity index (χ1n) is 6.06. The van der Waals surface area contributed by atoms with E-state index in [0.717, 1.165) is 26.2 Å². The standard InChI is InChI=1S/C11H22N2O2/c14-8-11-9-15-6-5-13(11)7-10-3-1-2-4-12-10/h10-12,14H,1-9H2. The molecule has 2 aliphatic rings. The second kappa shape index (κ2) is 5.80. The minimum absolute atomic E-state index is 0.211. The van der Waals surface area contributed by atoms with Crippen molar-refractivity contribution >= 4 is 0 Å². The lowest BCUT2D eigenvalue weighted by atomic mass is 10.0. The molecule has 2 unspecified atom stereocenters. The van der Waals surface area contributed by atoms with E-state index in [1.165, 1.54) is 19.3 Å². The Morgan fingerprint density at radius 2 is 2.33 bits per heavy atom. The van der Waals surface area contributed by atoms with Gasteiger partial charge in [0.1, 0.15) is 0 Å². The Labute approximate surface area is 91.6 Å². The van der Waals surface area contributed by atoms with Gasteiger partial charge in [0.05, 0.1) is 25.9 Å². The molecule has 15 heavy (non-hydrogen) atoms. The molecule has 0 saturated carbocycles. The first-order chi connectivity index (χ1) is 7.40. The fraction of sp³-hybridized carbons (Fsp3) is 1.00. The van der Waals surface area contributed by atoms with Crippen LogP contribution < -0.4 is 5.32 Å². The van der Waals surface area contributed by atoms with Crippen LogP contribution in [0.25, 0.3) is 0 Å². The smallest absolute Gasteiger partial charge is 0.0644 e. The molecule has 2 fully saturated rings. The summed E-state index contributed by atoms with van der Waals surface area (Å²) in [7, 11) is 0. The lowest BCUT2D eigenvalue weighted by Gasteiger charge is -2.37. The number of hydrogen-bond acceptors (Lipinski definition) is 4. The Morgan fingerprint density at radius 1 is 1.40 bits per heavy atom. The maximum Gasteiger partial charge on any atom is 0.0644 e. The lowest BCUT2D eigenvalue weighted by Crippen LogP contribution is -2.53. The van der Waals surface area contributed by atoms with Gasteiger partial charge in [-0.05, 0) is 19.4 Å². The van der Waals surface area contributed by atoms with Crippen molar-refractivity contribution in [1.82, 2.24) is 10.2 Å². The van der Waals surface area contributed by atoms with Gasteiger partial charge in [0.2, 0.25) is 0 Å². The Bertz CT molecular complexity index is 183. The van der Waals surface area contributed by atoms with Crippen LogP contribution in [0.15, 0.2) is 0 Å². The predicted octanol–water partition coefficient (Wildman–Crippen LogP) is -0.178. The van der Waals surface area contributed by atoms with Gasteiger partial charge in [-0.2, -0.15) is 0 Å². The molecule has 0 aliphatic carbocycles. The summed E-state index contributed by atoms with van der Waals surface area (Å²) in [4.78, 5) is 2.37. The quantitative estimate of drug-likeness (QED) is 0.684. The molecule has 88 valence electrons. The highest BCUT2D eigenvalue weighted by Crippen LogP contribution is 2.12. The largest absolute Gasteiger partial charge is 0.395 e. The molecule has 4 nitrogen and oxygen atoms in total. The number of aliphatic hydroxyl groups is 1. The van der Waals surface area contributed by atoms with Crippen LogP contribution in [0, 0.1) is 0 Å². The molecule has 0 bridgehead atoms. The van der Waals surface area contributed by atoms with Crippen molar-refractivity contribution in [1.29, 1.82) is 0 Å². The highest BCUT2D eigenvalue weighted by molar-refractivity contribution is 4.81. The molecule has 2 heterocycles. The Kier molecular flexibility index (Phi) is 4.38. The highest BCUT2D eigenvalue weighted by atomic mass is 16.5. The molecule has 4 heteroatoms. The predicted molar refractivity (Wildman–Crippen MR) is 58.9 cm³/mol. The van der Waals surface area contributed by atoms with Crippen LogP contribution in [0.2, 0.25) is 0 Å². The van der Waals surface area contributed by atoms with Crippen LogP contribution >= 0.6 is 0 Å². The van der Waals surface area contributed by atoms with Gasteiger partial charge in [-0.1, -0.05) is 6.42 Å². The zero-order valence-corrected chi connectivity index (χ0v) is 9.32. The maximum atomic E-state index is 9.25. The molecule has 0 aromatic heterocycles. The van der Waals surface area contributed by atoms with Crippen molar-refractivity contribution in [2.75, 3.05) is 39.5 Å². The monoisotopic (exact) mass is 214 g/mol. The SMILES string of the molecule is OCC1COCCN1CC1CCCCN1. The Balaban J connectivity index is 1.79. The Hall–Kier alpha value is -0.160. The van der Waals surface area contributed by atoms with Crippen LogP contribution in [-0.4, -0.2) is 61.5 Å². The first-order valence-corrected chi connectivity index (χ1v) is 6.06. The molecule has 2 aliphatic heterocycles. The van der Waals surface area contributed by atoms with Gasteiger partial charge in [0, 0.05) is 19.1 Å². The van der Waals surface area contributed by atoms with Crippen molar-refractivity contribution in [2.45, 2.75) is 31.3 Å². The normalized spacial score (nSPS) is 34.2. The molecule has 2 atom stereocenters. The zero-order valence-electron chi connectivity index (χ0n) is 9.32. The van der Waals surface area contributed by atoms with Crippen LogP contribution in [0.1, 0.15) is 19.3 Å². The van der Waals surface area contributed by atoms with Gasteiger partial charge in [-0.15, -0.1) is 0 Å². The third-order valence-electron chi connectivity index (χ3n) is 3.43. The van der Waals surface area contributed by atoms with E-state index in [0.29, 0.717) is 12.6 Å². The summed E-state index contributed by atoms with van der Waals surface area (Å²) in [5.74, 6) is 0. The van der Waals surface area contributed by atoms with Gasteiger partial charge in [0.25, 0.3) is 0 Å². The molecule has 0 aromatic rings. The zero-order chi connectivity index (χ0) is 10.5. The van der Waals surface area contributed by atoms with Crippen molar-refractivity contribution in [3.63, 3.8) is 0 Å². The number of morpholine rings is 1. The highest BCUT2D eigenvalue weighted by Gasteiger charge is 2.25. The second-order valence-corrected chi connectivity index (χ2v) is 4.55. The third-order valence-corrected chi connectivity index (χ3v) is 3.43. The number of nitrogens with zero attached hydrogens (tertiary/aromatic N) is 1.